The van der Waals surface area contributed by atoms with Gasteiger partial charge in [-0.3, -0.25) is 14.3 Å². The summed E-state index contributed by atoms with van der Waals surface area (Å²) in [5, 5.41) is 11.0. The fourth-order valence-corrected chi connectivity index (χ4v) is 4.18. The van der Waals surface area contributed by atoms with Crippen LogP contribution in [-0.4, -0.2) is 39.4 Å². The molecule has 0 radical (unpaired) electrons. The van der Waals surface area contributed by atoms with E-state index in [1.165, 1.54) is 0 Å². The second-order valence-corrected chi connectivity index (χ2v) is 9.02. The lowest BCUT2D eigenvalue weighted by Crippen LogP contribution is -2.41. The van der Waals surface area contributed by atoms with Gasteiger partial charge in [0.1, 0.15) is 17.4 Å². The van der Waals surface area contributed by atoms with E-state index in [1.807, 2.05) is 36.4 Å². The van der Waals surface area contributed by atoms with E-state index in [1.54, 1.807) is 45.9 Å². The molecule has 0 fully saturated rings. The number of benzene rings is 2. The van der Waals surface area contributed by atoms with Crippen molar-refractivity contribution >= 4 is 29.0 Å². The number of nitrogens with zero attached hydrogens (tertiary/aromatic N) is 3. The lowest BCUT2D eigenvalue weighted by atomic mass is 10.1. The molecule has 10 heteroatoms. The van der Waals surface area contributed by atoms with E-state index in [2.05, 4.69) is 15.7 Å². The molecule has 0 saturated carbocycles. The van der Waals surface area contributed by atoms with Crippen LogP contribution in [0.4, 0.5) is 11.5 Å². The second kappa shape index (κ2) is 10.2. The number of hydrogen-bond donors (Lipinski definition) is 3. The van der Waals surface area contributed by atoms with Crippen molar-refractivity contribution in [3.63, 3.8) is 0 Å². The molecule has 4 aromatic rings. The van der Waals surface area contributed by atoms with E-state index in [9.17, 15) is 9.59 Å². The Bertz CT molecular complexity index is 1450. The fraction of sp³-hybridized carbons (Fsp3) is 0.192. The van der Waals surface area contributed by atoms with Crippen LogP contribution in [0.15, 0.2) is 77.9 Å². The van der Waals surface area contributed by atoms with Gasteiger partial charge in [0.05, 0.1) is 31.9 Å². The molecule has 1 atom stereocenters. The Kier molecular flexibility index (Phi) is 6.64. The lowest BCUT2D eigenvalue weighted by molar-refractivity contribution is 0.0930. The van der Waals surface area contributed by atoms with Crippen LogP contribution in [0.1, 0.15) is 21.5 Å². The van der Waals surface area contributed by atoms with Crippen LogP contribution < -0.4 is 26.7 Å². The molecular formula is C26H25ClN6O3. The first-order valence-electron chi connectivity index (χ1n) is 11.5. The predicted molar refractivity (Wildman–Crippen MR) is 139 cm³/mol. The van der Waals surface area contributed by atoms with Crippen molar-refractivity contribution in [2.24, 2.45) is 0 Å². The van der Waals surface area contributed by atoms with E-state index in [-0.39, 0.29) is 23.4 Å². The van der Waals surface area contributed by atoms with Crippen molar-refractivity contribution in [3.05, 3.63) is 105 Å². The summed E-state index contributed by atoms with van der Waals surface area (Å²) in [6.45, 7) is 1.81. The van der Waals surface area contributed by atoms with Gasteiger partial charge in [-0.25, -0.2) is 0 Å². The van der Waals surface area contributed by atoms with Crippen molar-refractivity contribution in [2.75, 3.05) is 24.1 Å². The first kappa shape index (κ1) is 23.5. The van der Waals surface area contributed by atoms with Crippen LogP contribution >= 0.6 is 11.6 Å². The minimum absolute atomic E-state index is 0.0417. The van der Waals surface area contributed by atoms with Crippen molar-refractivity contribution in [2.45, 2.75) is 19.2 Å². The largest absolute Gasteiger partial charge is 0.485 e. The van der Waals surface area contributed by atoms with Gasteiger partial charge in [0.25, 0.3) is 11.5 Å². The summed E-state index contributed by atoms with van der Waals surface area (Å²) in [5.74, 6) is 0.498. The first-order valence-corrected chi connectivity index (χ1v) is 11.9. The molecule has 0 aliphatic carbocycles. The molecule has 9 nitrogen and oxygen atoms in total. The van der Waals surface area contributed by atoms with Crippen LogP contribution in [0, 0.1) is 0 Å². The number of rotatable bonds is 7. The molecule has 184 valence electrons. The molecule has 4 N–H and O–H groups in total. The van der Waals surface area contributed by atoms with Crippen LogP contribution in [0.3, 0.4) is 0 Å². The monoisotopic (exact) mass is 504 g/mol. The lowest BCUT2D eigenvalue weighted by Gasteiger charge is -2.27. The molecule has 0 spiro atoms. The van der Waals surface area contributed by atoms with Gasteiger partial charge in [0.2, 0.25) is 0 Å². The zero-order valence-corrected chi connectivity index (χ0v) is 20.1. The predicted octanol–water partition coefficient (Wildman–Crippen LogP) is 2.98. The molecule has 36 heavy (non-hydrogen) atoms. The summed E-state index contributed by atoms with van der Waals surface area (Å²) < 4.78 is 9.22. The summed E-state index contributed by atoms with van der Waals surface area (Å²) in [7, 11) is 0. The van der Waals surface area contributed by atoms with E-state index in [0.717, 1.165) is 16.8 Å². The van der Waals surface area contributed by atoms with Gasteiger partial charge in [-0.05, 0) is 29.3 Å². The van der Waals surface area contributed by atoms with Gasteiger partial charge in [-0.2, -0.15) is 5.10 Å². The number of hydrogen-bond acceptors (Lipinski definition) is 6. The Morgan fingerprint density at radius 1 is 1.14 bits per heavy atom. The molecule has 1 amide bonds. The molecule has 0 saturated heterocycles. The van der Waals surface area contributed by atoms with Crippen LogP contribution in [-0.2, 0) is 13.1 Å². The van der Waals surface area contributed by atoms with Crippen molar-refractivity contribution in [1.29, 1.82) is 0 Å². The average Bonchev–Trinajstić information content (AvgIpc) is 3.24. The highest BCUT2D eigenvalue weighted by Gasteiger charge is 2.21. The molecule has 2 aromatic carbocycles. The van der Waals surface area contributed by atoms with E-state index in [4.69, 9.17) is 22.1 Å². The molecular weight excluding hydrogens is 480 g/mol. The fourth-order valence-electron chi connectivity index (χ4n) is 4.02. The second-order valence-electron chi connectivity index (χ2n) is 8.58. The van der Waals surface area contributed by atoms with Gasteiger partial charge < -0.3 is 25.7 Å². The van der Waals surface area contributed by atoms with Crippen molar-refractivity contribution in [3.8, 4) is 5.75 Å². The Balaban J connectivity index is 1.17. The minimum atomic E-state index is -0.317. The molecule has 2 aromatic heterocycles. The van der Waals surface area contributed by atoms with E-state index in [0.29, 0.717) is 42.5 Å². The maximum absolute atomic E-state index is 12.8. The first-order chi connectivity index (χ1) is 17.4. The van der Waals surface area contributed by atoms with E-state index >= 15 is 0 Å². The zero-order valence-electron chi connectivity index (χ0n) is 19.4. The van der Waals surface area contributed by atoms with Crippen LogP contribution in [0.5, 0.6) is 5.75 Å². The van der Waals surface area contributed by atoms with Gasteiger partial charge in [-0.1, -0.05) is 41.9 Å². The number of aromatic nitrogens is 3. The molecule has 5 rings (SSSR count). The summed E-state index contributed by atoms with van der Waals surface area (Å²) in [6, 6.07) is 18.4. The SMILES string of the molecule is Nc1nn(Cc2ccc(Cn3ccccc3=O)cc2)cc1C(=O)NCC1CNc2ccc(Cl)cc2O1. The highest BCUT2D eigenvalue weighted by Crippen LogP contribution is 2.31. The quantitative estimate of drug-likeness (QED) is 0.356. The number of anilines is 2. The molecule has 1 aliphatic rings. The standard InChI is InChI=1S/C26H25ClN6O3/c27-19-8-9-22-23(11-19)36-20(12-29-22)13-30-26(35)21-16-33(31-25(21)28)15-18-6-4-17(5-7-18)14-32-10-2-1-3-24(32)34/h1-11,16,20,29H,12-15H2,(H2,28,31)(H,30,35). The average molecular weight is 505 g/mol. The molecule has 3 heterocycles. The number of nitrogens with one attached hydrogen (secondary N) is 2. The number of nitrogen functional groups attached to an aromatic ring is 1. The Morgan fingerprint density at radius 2 is 1.92 bits per heavy atom. The number of halogens is 1. The van der Waals surface area contributed by atoms with Crippen molar-refractivity contribution in [1.82, 2.24) is 19.7 Å². The molecule has 0 bridgehead atoms. The van der Waals surface area contributed by atoms with Gasteiger partial charge in [0, 0.05) is 29.5 Å². The van der Waals surface area contributed by atoms with Gasteiger partial charge in [-0.15, -0.1) is 0 Å². The number of carbonyl (C=O) groups excluding carboxylic acids is 1. The zero-order chi connectivity index (χ0) is 25.1. The van der Waals surface area contributed by atoms with Crippen molar-refractivity contribution < 1.29 is 9.53 Å². The maximum Gasteiger partial charge on any atom is 0.256 e. The van der Waals surface area contributed by atoms with Crippen LogP contribution in [0.25, 0.3) is 0 Å². The number of ether oxygens (including phenoxy) is 1. The molecule has 1 unspecified atom stereocenters. The third-order valence-corrected chi connectivity index (χ3v) is 6.14. The highest BCUT2D eigenvalue weighted by atomic mass is 35.5. The molecule has 1 aliphatic heterocycles. The summed E-state index contributed by atoms with van der Waals surface area (Å²) in [4.78, 5) is 24.7. The van der Waals surface area contributed by atoms with Gasteiger partial charge >= 0.3 is 0 Å². The summed E-state index contributed by atoms with van der Waals surface area (Å²) >= 11 is 6.04. The summed E-state index contributed by atoms with van der Waals surface area (Å²) in [5.41, 5.74) is 9.16. The highest BCUT2D eigenvalue weighted by molar-refractivity contribution is 6.30. The third kappa shape index (κ3) is 5.36. The smallest absolute Gasteiger partial charge is 0.256 e. The third-order valence-electron chi connectivity index (χ3n) is 5.90. The summed E-state index contributed by atoms with van der Waals surface area (Å²) in [6.07, 6.45) is 3.15. The van der Waals surface area contributed by atoms with Gasteiger partial charge in [0.15, 0.2) is 5.82 Å². The maximum atomic E-state index is 12.8. The van der Waals surface area contributed by atoms with E-state index < -0.39 is 0 Å². The minimum Gasteiger partial charge on any atom is -0.485 e. The number of carbonyl (C=O) groups is 1. The Morgan fingerprint density at radius 3 is 2.69 bits per heavy atom. The normalized spacial score (nSPS) is 14.4. The number of fused-ring (bicyclic) bond motifs is 1. The Hall–Kier alpha value is -4.24. The van der Waals surface area contributed by atoms with Crippen LogP contribution in [0.2, 0.25) is 5.02 Å². The number of amides is 1. The number of nitrogens with two attached hydrogens (primary N) is 1. The topological polar surface area (TPSA) is 116 Å². The Labute approximate surface area is 212 Å². The number of pyridine rings is 1.